The molecule has 0 N–H and O–H groups in total. The van der Waals surface area contributed by atoms with Crippen LogP contribution in [-0.4, -0.2) is 36.8 Å². The van der Waals surface area contributed by atoms with Gasteiger partial charge >= 0.3 is 0 Å². The summed E-state index contributed by atoms with van der Waals surface area (Å²) < 4.78 is 5.60. The Balaban J connectivity index is 2.12. The molecule has 0 saturated carbocycles. The van der Waals surface area contributed by atoms with E-state index in [-0.39, 0.29) is 11.7 Å². The molecule has 1 atom stereocenters. The molecule has 4 heteroatoms. The van der Waals surface area contributed by atoms with Crippen LogP contribution in [-0.2, 0) is 11.2 Å². The smallest absolute Gasteiger partial charge is 0.262 e. The van der Waals surface area contributed by atoms with Crippen LogP contribution in [0.2, 0.25) is 0 Å². The predicted molar refractivity (Wildman–Crippen MR) is 67.9 cm³/mol. The Bertz CT molecular complexity index is 494. The SMILES string of the molecule is CC(Oc1ccc2c(c1)CCC2=O)C(=O)N(C)C. The van der Waals surface area contributed by atoms with Crippen molar-refractivity contribution in [1.82, 2.24) is 4.90 Å². The van der Waals surface area contributed by atoms with Crippen LogP contribution in [0.25, 0.3) is 0 Å². The van der Waals surface area contributed by atoms with Crippen molar-refractivity contribution in [2.24, 2.45) is 0 Å². The third-order valence-electron chi connectivity index (χ3n) is 3.10. The lowest BCUT2D eigenvalue weighted by Gasteiger charge is -2.18. The second-order valence-electron chi connectivity index (χ2n) is 4.73. The second-order valence-corrected chi connectivity index (χ2v) is 4.73. The summed E-state index contributed by atoms with van der Waals surface area (Å²) in [6, 6.07) is 5.40. The van der Waals surface area contributed by atoms with E-state index in [1.165, 1.54) is 4.90 Å². The first kappa shape index (κ1) is 12.6. The van der Waals surface area contributed by atoms with Gasteiger partial charge in [0.1, 0.15) is 5.75 Å². The fourth-order valence-electron chi connectivity index (χ4n) is 2.12. The van der Waals surface area contributed by atoms with Gasteiger partial charge in [-0.15, -0.1) is 0 Å². The maximum atomic E-state index is 11.7. The quantitative estimate of drug-likeness (QED) is 0.816. The highest BCUT2D eigenvalue weighted by Gasteiger charge is 2.21. The number of carbonyl (C=O) groups excluding carboxylic acids is 2. The summed E-state index contributed by atoms with van der Waals surface area (Å²) in [5.41, 5.74) is 1.80. The van der Waals surface area contributed by atoms with Crippen LogP contribution < -0.4 is 4.74 Å². The summed E-state index contributed by atoms with van der Waals surface area (Å²) in [7, 11) is 3.40. The van der Waals surface area contributed by atoms with Gasteiger partial charge in [-0.3, -0.25) is 9.59 Å². The summed E-state index contributed by atoms with van der Waals surface area (Å²) in [5, 5.41) is 0. The zero-order valence-corrected chi connectivity index (χ0v) is 10.9. The number of hydrogen-bond donors (Lipinski definition) is 0. The van der Waals surface area contributed by atoms with E-state index in [0.717, 1.165) is 17.5 Å². The number of nitrogens with zero attached hydrogens (tertiary/aromatic N) is 1. The Morgan fingerprint density at radius 2 is 2.06 bits per heavy atom. The molecule has 1 aromatic rings. The summed E-state index contributed by atoms with van der Waals surface area (Å²) in [5.74, 6) is 0.756. The van der Waals surface area contributed by atoms with E-state index in [1.54, 1.807) is 33.2 Å². The number of ether oxygens (including phenoxy) is 1. The number of likely N-dealkylation sites (N-methyl/N-ethyl adjacent to an activating group) is 1. The number of hydrogen-bond acceptors (Lipinski definition) is 3. The average molecular weight is 247 g/mol. The first-order valence-electron chi connectivity index (χ1n) is 6.03. The van der Waals surface area contributed by atoms with Crippen molar-refractivity contribution in [1.29, 1.82) is 0 Å². The van der Waals surface area contributed by atoms with Gasteiger partial charge in [-0.05, 0) is 37.1 Å². The topological polar surface area (TPSA) is 46.6 Å². The number of amides is 1. The largest absolute Gasteiger partial charge is 0.481 e. The molecule has 0 heterocycles. The molecule has 0 bridgehead atoms. The van der Waals surface area contributed by atoms with Crippen molar-refractivity contribution in [3.8, 4) is 5.75 Å². The number of Topliss-reactive ketones (excluding diaryl/α,β-unsaturated/α-hetero) is 1. The standard InChI is InChI=1S/C14H17NO3/c1-9(14(17)15(2)3)18-11-5-6-12-10(8-11)4-7-13(12)16/h5-6,8-9H,4,7H2,1-3H3. The van der Waals surface area contributed by atoms with E-state index in [1.807, 2.05) is 6.07 Å². The number of benzene rings is 1. The van der Waals surface area contributed by atoms with Crippen LogP contribution in [0.5, 0.6) is 5.75 Å². The molecule has 1 aromatic carbocycles. The summed E-state index contributed by atoms with van der Waals surface area (Å²) in [6.45, 7) is 1.72. The molecular formula is C14H17NO3. The Kier molecular flexibility index (Phi) is 3.36. The van der Waals surface area contributed by atoms with Crippen molar-refractivity contribution in [3.05, 3.63) is 29.3 Å². The predicted octanol–water partition coefficient (Wildman–Crippen LogP) is 1.67. The minimum Gasteiger partial charge on any atom is -0.481 e. The molecule has 0 aliphatic heterocycles. The van der Waals surface area contributed by atoms with Crippen molar-refractivity contribution in [2.45, 2.75) is 25.9 Å². The second kappa shape index (κ2) is 4.80. The van der Waals surface area contributed by atoms with Gasteiger partial charge in [-0.1, -0.05) is 0 Å². The molecule has 1 amide bonds. The van der Waals surface area contributed by atoms with E-state index in [4.69, 9.17) is 4.74 Å². The minimum atomic E-state index is -0.518. The fraction of sp³-hybridized carbons (Fsp3) is 0.429. The monoisotopic (exact) mass is 247 g/mol. The van der Waals surface area contributed by atoms with E-state index < -0.39 is 6.10 Å². The molecule has 1 aliphatic rings. The van der Waals surface area contributed by atoms with Gasteiger partial charge in [-0.25, -0.2) is 0 Å². The van der Waals surface area contributed by atoms with Crippen LogP contribution in [0.3, 0.4) is 0 Å². The first-order chi connectivity index (χ1) is 8.49. The highest BCUT2D eigenvalue weighted by atomic mass is 16.5. The summed E-state index contributed by atoms with van der Waals surface area (Å²) >= 11 is 0. The van der Waals surface area contributed by atoms with Gasteiger partial charge in [0, 0.05) is 26.1 Å². The van der Waals surface area contributed by atoms with Gasteiger partial charge < -0.3 is 9.64 Å². The zero-order valence-electron chi connectivity index (χ0n) is 10.9. The molecule has 1 unspecified atom stereocenters. The van der Waals surface area contributed by atoms with Gasteiger partial charge in [0.15, 0.2) is 11.9 Å². The lowest BCUT2D eigenvalue weighted by atomic mass is 10.1. The van der Waals surface area contributed by atoms with Crippen LogP contribution in [0.15, 0.2) is 18.2 Å². The van der Waals surface area contributed by atoms with Crippen molar-refractivity contribution >= 4 is 11.7 Å². The average Bonchev–Trinajstić information content (AvgIpc) is 2.69. The van der Waals surface area contributed by atoms with Gasteiger partial charge in [0.25, 0.3) is 5.91 Å². The Hall–Kier alpha value is -1.84. The van der Waals surface area contributed by atoms with Crippen molar-refractivity contribution < 1.29 is 14.3 Å². The van der Waals surface area contributed by atoms with Crippen LogP contribution >= 0.6 is 0 Å². The maximum Gasteiger partial charge on any atom is 0.262 e. The van der Waals surface area contributed by atoms with Crippen LogP contribution in [0.4, 0.5) is 0 Å². The number of aryl methyl sites for hydroxylation is 1. The molecule has 0 radical (unpaired) electrons. The lowest BCUT2D eigenvalue weighted by Crippen LogP contribution is -2.35. The van der Waals surface area contributed by atoms with Gasteiger partial charge in [0.2, 0.25) is 0 Å². The van der Waals surface area contributed by atoms with E-state index >= 15 is 0 Å². The maximum absolute atomic E-state index is 11.7. The molecule has 0 spiro atoms. The molecule has 2 rings (SSSR count). The van der Waals surface area contributed by atoms with Gasteiger partial charge in [0.05, 0.1) is 0 Å². The van der Waals surface area contributed by atoms with Crippen molar-refractivity contribution in [2.75, 3.05) is 14.1 Å². The molecule has 0 fully saturated rings. The molecule has 1 aliphatic carbocycles. The highest BCUT2D eigenvalue weighted by molar-refractivity contribution is 6.00. The summed E-state index contributed by atoms with van der Waals surface area (Å²) in [4.78, 5) is 24.7. The number of rotatable bonds is 3. The van der Waals surface area contributed by atoms with E-state index in [9.17, 15) is 9.59 Å². The number of carbonyl (C=O) groups is 2. The first-order valence-corrected chi connectivity index (χ1v) is 6.03. The molecule has 18 heavy (non-hydrogen) atoms. The number of fused-ring (bicyclic) bond motifs is 1. The molecule has 0 saturated heterocycles. The molecule has 4 nitrogen and oxygen atoms in total. The van der Waals surface area contributed by atoms with Gasteiger partial charge in [-0.2, -0.15) is 0 Å². The zero-order chi connectivity index (χ0) is 13.3. The lowest BCUT2D eigenvalue weighted by molar-refractivity contribution is -0.135. The third-order valence-corrected chi connectivity index (χ3v) is 3.10. The summed E-state index contributed by atoms with van der Waals surface area (Å²) in [6.07, 6.45) is 0.821. The Morgan fingerprint density at radius 3 is 2.72 bits per heavy atom. The Morgan fingerprint density at radius 1 is 1.33 bits per heavy atom. The van der Waals surface area contributed by atoms with E-state index in [2.05, 4.69) is 0 Å². The van der Waals surface area contributed by atoms with Crippen LogP contribution in [0, 0.1) is 0 Å². The van der Waals surface area contributed by atoms with Crippen LogP contribution in [0.1, 0.15) is 29.3 Å². The fourth-order valence-corrected chi connectivity index (χ4v) is 2.12. The minimum absolute atomic E-state index is 0.0772. The molecule has 0 aromatic heterocycles. The molecule has 96 valence electrons. The Labute approximate surface area is 107 Å². The highest BCUT2D eigenvalue weighted by Crippen LogP contribution is 2.26. The van der Waals surface area contributed by atoms with Crippen molar-refractivity contribution in [3.63, 3.8) is 0 Å². The normalized spacial score (nSPS) is 15.2. The third kappa shape index (κ3) is 2.37. The number of ketones is 1. The van der Waals surface area contributed by atoms with E-state index in [0.29, 0.717) is 12.2 Å². The molecular weight excluding hydrogens is 230 g/mol.